The van der Waals surface area contributed by atoms with E-state index < -0.39 is 28.5 Å². The number of halogens is 4. The fourth-order valence-corrected chi connectivity index (χ4v) is 4.94. The molecular weight excluding hydrogens is 532 g/mol. The van der Waals surface area contributed by atoms with Gasteiger partial charge in [-0.2, -0.15) is 0 Å². The Morgan fingerprint density at radius 3 is 2.64 bits per heavy atom. The van der Waals surface area contributed by atoms with Gasteiger partial charge in [-0.05, 0) is 47.9 Å². The molecule has 0 aliphatic heterocycles. The zero-order chi connectivity index (χ0) is 27.4. The predicted octanol–water partition coefficient (Wildman–Crippen LogP) is 6.49. The van der Waals surface area contributed by atoms with Crippen molar-refractivity contribution in [1.82, 2.24) is 19.9 Å². The molecule has 1 aliphatic rings. The molecule has 0 saturated carbocycles. The fourth-order valence-electron chi connectivity index (χ4n) is 4.08. The van der Waals surface area contributed by atoms with E-state index in [2.05, 4.69) is 30.0 Å². The van der Waals surface area contributed by atoms with Gasteiger partial charge in [0.05, 0.1) is 17.5 Å². The van der Waals surface area contributed by atoms with Gasteiger partial charge in [0, 0.05) is 73.4 Å². The molecule has 1 aliphatic carbocycles. The standard InChI is InChI=1S/C27H24F4N6OS/c1-38-7-6-32-27-35-13-17(14-36-27)15-8-19-16(12-34-26(19)33-11-15)9-20-21(29)4-5-23(25(20)31)37-39-24-10-18(28)2-3-22(24)30/h2-5,8,11-14,24,37H,6-7,9-10H2,1H3,(H,33,34)(H,32,35,36). The minimum Gasteiger partial charge on any atom is -0.383 e. The van der Waals surface area contributed by atoms with Gasteiger partial charge in [-0.25, -0.2) is 32.5 Å². The van der Waals surface area contributed by atoms with Crippen molar-refractivity contribution in [3.63, 3.8) is 0 Å². The molecular formula is C27H24F4N6OS. The summed E-state index contributed by atoms with van der Waals surface area (Å²) in [6.07, 6.45) is 8.55. The third kappa shape index (κ3) is 6.07. The first-order valence-corrected chi connectivity index (χ1v) is 12.9. The van der Waals surface area contributed by atoms with Gasteiger partial charge in [0.25, 0.3) is 0 Å². The smallest absolute Gasteiger partial charge is 0.222 e. The Morgan fingerprint density at radius 2 is 1.85 bits per heavy atom. The van der Waals surface area contributed by atoms with E-state index >= 15 is 4.39 Å². The topological polar surface area (TPSA) is 87.8 Å². The average molecular weight is 557 g/mol. The first kappa shape index (κ1) is 26.7. The minimum absolute atomic E-state index is 0.0193. The Kier molecular flexibility index (Phi) is 8.13. The Labute approximate surface area is 225 Å². The lowest BCUT2D eigenvalue weighted by Gasteiger charge is -2.18. The van der Waals surface area contributed by atoms with Crippen LogP contribution in [0.15, 0.2) is 66.8 Å². The summed E-state index contributed by atoms with van der Waals surface area (Å²) in [4.78, 5) is 16.1. The SMILES string of the molecule is COCCNc1ncc(-c2cnc3[nH]cc(Cc4c(F)ccc(NSC5CC(F)=CC=C5F)c4F)c3c2)cn1. The van der Waals surface area contributed by atoms with E-state index in [0.29, 0.717) is 35.7 Å². The molecule has 4 aromatic rings. The lowest BCUT2D eigenvalue weighted by Crippen LogP contribution is -2.11. The van der Waals surface area contributed by atoms with E-state index in [4.69, 9.17) is 4.74 Å². The lowest BCUT2D eigenvalue weighted by molar-refractivity contribution is 0.210. The molecule has 1 unspecified atom stereocenters. The van der Waals surface area contributed by atoms with Gasteiger partial charge in [-0.1, -0.05) is 0 Å². The molecule has 12 heteroatoms. The monoisotopic (exact) mass is 556 g/mol. The van der Waals surface area contributed by atoms with Gasteiger partial charge >= 0.3 is 0 Å². The number of benzene rings is 1. The van der Waals surface area contributed by atoms with Crippen molar-refractivity contribution in [2.24, 2.45) is 0 Å². The van der Waals surface area contributed by atoms with Crippen LogP contribution in [-0.2, 0) is 11.2 Å². The second kappa shape index (κ2) is 11.9. The van der Waals surface area contributed by atoms with E-state index in [1.807, 2.05) is 6.07 Å². The molecule has 0 fully saturated rings. The van der Waals surface area contributed by atoms with E-state index in [0.717, 1.165) is 41.3 Å². The zero-order valence-electron chi connectivity index (χ0n) is 20.8. The number of nitrogens with one attached hydrogen (secondary N) is 3. The van der Waals surface area contributed by atoms with Crippen LogP contribution in [0, 0.1) is 11.6 Å². The average Bonchev–Trinajstić information content (AvgIpc) is 3.35. The van der Waals surface area contributed by atoms with Crippen LogP contribution in [0.1, 0.15) is 17.5 Å². The third-order valence-electron chi connectivity index (χ3n) is 6.17. The van der Waals surface area contributed by atoms with Gasteiger partial charge < -0.3 is 19.8 Å². The molecule has 0 radical (unpaired) electrons. The molecule has 7 nitrogen and oxygen atoms in total. The maximum atomic E-state index is 15.4. The van der Waals surface area contributed by atoms with Crippen molar-refractivity contribution in [3.05, 3.63) is 89.6 Å². The van der Waals surface area contributed by atoms with Crippen LogP contribution in [0.5, 0.6) is 0 Å². The number of aromatic amines is 1. The van der Waals surface area contributed by atoms with Crippen LogP contribution >= 0.6 is 11.9 Å². The molecule has 3 heterocycles. The molecule has 1 atom stereocenters. The number of methoxy groups -OCH3 is 1. The lowest BCUT2D eigenvalue weighted by atomic mass is 10.0. The van der Waals surface area contributed by atoms with Crippen LogP contribution < -0.4 is 10.0 Å². The molecule has 0 saturated heterocycles. The number of aromatic nitrogens is 4. The molecule has 0 spiro atoms. The number of pyridine rings is 1. The number of allylic oxidation sites excluding steroid dienone is 3. The Bertz CT molecular complexity index is 1540. The number of hydrogen-bond donors (Lipinski definition) is 3. The summed E-state index contributed by atoms with van der Waals surface area (Å²) in [6, 6.07) is 4.24. The number of rotatable bonds is 10. The molecule has 3 aromatic heterocycles. The first-order chi connectivity index (χ1) is 18.9. The number of nitrogens with zero attached hydrogens (tertiary/aromatic N) is 3. The summed E-state index contributed by atoms with van der Waals surface area (Å²) < 4.78 is 65.4. The molecule has 39 heavy (non-hydrogen) atoms. The summed E-state index contributed by atoms with van der Waals surface area (Å²) in [5.74, 6) is -2.05. The highest BCUT2D eigenvalue weighted by atomic mass is 32.2. The molecule has 1 aromatic carbocycles. The summed E-state index contributed by atoms with van der Waals surface area (Å²) >= 11 is 0.832. The molecule has 5 rings (SSSR count). The molecule has 0 amide bonds. The highest BCUT2D eigenvalue weighted by Gasteiger charge is 2.22. The second-order valence-corrected chi connectivity index (χ2v) is 9.80. The van der Waals surface area contributed by atoms with Gasteiger partial charge in [0.15, 0.2) is 5.82 Å². The molecule has 3 N–H and O–H groups in total. The Balaban J connectivity index is 1.35. The number of anilines is 2. The quantitative estimate of drug-likeness (QED) is 0.117. The predicted molar refractivity (Wildman–Crippen MR) is 145 cm³/mol. The third-order valence-corrected chi connectivity index (χ3v) is 7.18. The first-order valence-electron chi connectivity index (χ1n) is 12.0. The maximum absolute atomic E-state index is 15.4. The number of ether oxygens (including phenoxy) is 1. The molecule has 0 bridgehead atoms. The summed E-state index contributed by atoms with van der Waals surface area (Å²) in [6.45, 7) is 1.10. The number of H-pyrrole nitrogens is 1. The van der Waals surface area contributed by atoms with Gasteiger partial charge in [0.2, 0.25) is 5.95 Å². The van der Waals surface area contributed by atoms with E-state index in [1.165, 1.54) is 6.07 Å². The fraction of sp³-hybridized carbons (Fsp3) is 0.222. The van der Waals surface area contributed by atoms with Crippen molar-refractivity contribution in [1.29, 1.82) is 0 Å². The van der Waals surface area contributed by atoms with Crippen LogP contribution in [0.3, 0.4) is 0 Å². The van der Waals surface area contributed by atoms with Gasteiger partial charge in [-0.3, -0.25) is 0 Å². The zero-order valence-corrected chi connectivity index (χ0v) is 21.6. The van der Waals surface area contributed by atoms with Crippen molar-refractivity contribution in [2.45, 2.75) is 18.1 Å². The van der Waals surface area contributed by atoms with Crippen LogP contribution in [0.2, 0.25) is 0 Å². The van der Waals surface area contributed by atoms with Gasteiger partial charge in [0.1, 0.15) is 23.1 Å². The highest BCUT2D eigenvalue weighted by molar-refractivity contribution is 8.01. The summed E-state index contributed by atoms with van der Waals surface area (Å²) in [5, 5.41) is 2.89. The summed E-state index contributed by atoms with van der Waals surface area (Å²) in [5.41, 5.74) is 2.48. The van der Waals surface area contributed by atoms with Crippen molar-refractivity contribution >= 4 is 34.6 Å². The largest absolute Gasteiger partial charge is 0.383 e. The van der Waals surface area contributed by atoms with Crippen molar-refractivity contribution in [3.8, 4) is 11.1 Å². The van der Waals surface area contributed by atoms with Gasteiger partial charge in [-0.15, -0.1) is 0 Å². The Hall–Kier alpha value is -3.90. The van der Waals surface area contributed by atoms with Crippen LogP contribution in [-0.4, -0.2) is 45.4 Å². The van der Waals surface area contributed by atoms with E-state index in [1.54, 1.807) is 31.9 Å². The normalized spacial score (nSPS) is 15.3. The van der Waals surface area contributed by atoms with E-state index in [-0.39, 0.29) is 24.1 Å². The minimum atomic E-state index is -0.847. The molecule has 202 valence electrons. The van der Waals surface area contributed by atoms with Crippen LogP contribution in [0.4, 0.5) is 29.2 Å². The summed E-state index contributed by atoms with van der Waals surface area (Å²) in [7, 11) is 1.61. The Morgan fingerprint density at radius 1 is 1.05 bits per heavy atom. The van der Waals surface area contributed by atoms with Crippen molar-refractivity contribution < 1.29 is 22.3 Å². The van der Waals surface area contributed by atoms with Crippen molar-refractivity contribution in [2.75, 3.05) is 30.3 Å². The number of hydrogen-bond acceptors (Lipinski definition) is 7. The number of fused-ring (bicyclic) bond motifs is 1. The van der Waals surface area contributed by atoms with E-state index in [9.17, 15) is 13.2 Å². The van der Waals surface area contributed by atoms with Crippen LogP contribution in [0.25, 0.3) is 22.2 Å². The second-order valence-electron chi connectivity index (χ2n) is 8.79. The highest BCUT2D eigenvalue weighted by Crippen LogP contribution is 2.34. The maximum Gasteiger partial charge on any atom is 0.222 e.